The third-order valence-electron chi connectivity index (χ3n) is 0. The van der Waals surface area contributed by atoms with E-state index in [9.17, 15) is 4.21 Å². The van der Waals surface area contributed by atoms with Crippen molar-refractivity contribution < 1.29 is 4.21 Å². The van der Waals surface area contributed by atoms with E-state index in [4.69, 9.17) is 5.14 Å². The average Bonchev–Trinajstić information content (AvgIpc) is 0.722. The first-order chi connectivity index (χ1) is 2.00. The van der Waals surface area contributed by atoms with Gasteiger partial charge in [-0.25, -0.2) is 0 Å². The molecule has 0 spiro atoms. The number of hydrogen-bond donors (Lipinski definition) is 1. The van der Waals surface area contributed by atoms with E-state index >= 15 is 0 Å². The van der Waals surface area contributed by atoms with Crippen LogP contribution in [-0.2, 0) is 8.04 Å². The molecule has 0 aliphatic heterocycles. The SMILES string of the molecule is CS(N)(=O)=[Se]. The van der Waals surface area contributed by atoms with E-state index in [0.717, 1.165) is 0 Å². The third-order valence-corrected chi connectivity index (χ3v) is 0. The van der Waals surface area contributed by atoms with E-state index < -0.39 is 8.04 Å². The van der Waals surface area contributed by atoms with Gasteiger partial charge in [0, 0.05) is 0 Å². The van der Waals surface area contributed by atoms with Crippen LogP contribution in [0, 0.1) is 0 Å². The first kappa shape index (κ1) is 5.63. The molecule has 5 heavy (non-hydrogen) atoms. The molecule has 0 aromatic heterocycles. The van der Waals surface area contributed by atoms with Crippen molar-refractivity contribution in [1.82, 2.24) is 0 Å². The van der Waals surface area contributed by atoms with Crippen LogP contribution in [0.15, 0.2) is 0 Å². The van der Waals surface area contributed by atoms with E-state index in [1.807, 2.05) is 0 Å². The Morgan fingerprint density at radius 2 is 2.00 bits per heavy atom. The molecule has 1 unspecified atom stereocenters. The quantitative estimate of drug-likeness (QED) is 0.445. The second-order valence-electron chi connectivity index (χ2n) is 0.830. The summed E-state index contributed by atoms with van der Waals surface area (Å²) in [6, 6.07) is 0. The molecule has 2 N–H and O–H groups in total. The maximum atomic E-state index is 9.91. The molecule has 32 valence electrons. The molecule has 0 rings (SSSR count). The van der Waals surface area contributed by atoms with Gasteiger partial charge >= 0.3 is 38.0 Å². The third kappa shape index (κ3) is 80.8. The predicted molar refractivity (Wildman–Crippen MR) is 24.0 cm³/mol. The van der Waals surface area contributed by atoms with E-state index in [1.54, 1.807) is 0 Å². The van der Waals surface area contributed by atoms with Crippen molar-refractivity contribution in [3.63, 3.8) is 0 Å². The molecule has 0 saturated heterocycles. The van der Waals surface area contributed by atoms with Crippen molar-refractivity contribution in [3.05, 3.63) is 0 Å². The Balaban J connectivity index is 4.06. The van der Waals surface area contributed by atoms with Gasteiger partial charge in [0.05, 0.1) is 0 Å². The summed E-state index contributed by atoms with van der Waals surface area (Å²) in [5, 5.41) is 4.83. The van der Waals surface area contributed by atoms with Crippen molar-refractivity contribution in [2.24, 2.45) is 5.14 Å². The van der Waals surface area contributed by atoms with E-state index in [1.165, 1.54) is 6.26 Å². The van der Waals surface area contributed by atoms with Gasteiger partial charge in [-0.3, -0.25) is 0 Å². The first-order valence-corrected chi connectivity index (χ1v) is 5.03. The molecule has 0 aliphatic carbocycles. The Labute approximate surface area is 38.6 Å². The van der Waals surface area contributed by atoms with Crippen LogP contribution >= 0.6 is 0 Å². The van der Waals surface area contributed by atoms with Crippen LogP contribution in [0.25, 0.3) is 0 Å². The fourth-order valence-electron chi connectivity index (χ4n) is 0. The average molecular weight is 158 g/mol. The van der Waals surface area contributed by atoms with Crippen LogP contribution in [0.1, 0.15) is 0 Å². The summed E-state index contributed by atoms with van der Waals surface area (Å²) >= 11 is 2.28. The molecule has 0 radical (unpaired) electrons. The summed E-state index contributed by atoms with van der Waals surface area (Å²) in [7, 11) is -2.04. The molecule has 0 aromatic carbocycles. The van der Waals surface area contributed by atoms with Gasteiger partial charge < -0.3 is 0 Å². The second-order valence-corrected chi connectivity index (χ2v) is 6.65. The summed E-state index contributed by atoms with van der Waals surface area (Å²) in [6.45, 7) is 0. The van der Waals surface area contributed by atoms with Crippen LogP contribution < -0.4 is 5.14 Å². The maximum absolute atomic E-state index is 9.91. The molecule has 2 nitrogen and oxygen atoms in total. The normalized spacial score (nSPS) is 21.2. The summed E-state index contributed by atoms with van der Waals surface area (Å²) in [5.41, 5.74) is 0. The molecular weight excluding hydrogens is 153 g/mol. The Bertz CT molecular complexity index is 94.8. The fourth-order valence-corrected chi connectivity index (χ4v) is 0. The molecule has 0 heterocycles. The van der Waals surface area contributed by atoms with Crippen LogP contribution in [0.4, 0.5) is 0 Å². The molecular formula is CH5NOSSe. The van der Waals surface area contributed by atoms with Crippen LogP contribution in [0.3, 0.4) is 0 Å². The van der Waals surface area contributed by atoms with Crippen molar-refractivity contribution in [2.45, 2.75) is 0 Å². The fraction of sp³-hybridized carbons (Fsp3) is 1.00. The van der Waals surface area contributed by atoms with Gasteiger partial charge in [-0.1, -0.05) is 0 Å². The minimum atomic E-state index is -2.04. The Hall–Kier alpha value is 0.629. The Morgan fingerprint density at radius 3 is 2.00 bits per heavy atom. The number of nitrogens with two attached hydrogens (primary N) is 1. The predicted octanol–water partition coefficient (Wildman–Crippen LogP) is -1.14. The molecule has 0 amide bonds. The zero-order chi connectivity index (χ0) is 4.50. The van der Waals surface area contributed by atoms with Crippen molar-refractivity contribution in [3.8, 4) is 0 Å². The standard InChI is InChI=1S/CH5NOSSe/c1-4(2,3)5/h1H3,(H2,2,3,5). The Morgan fingerprint density at radius 1 is 2.00 bits per heavy atom. The van der Waals surface area contributed by atoms with Gasteiger partial charge in [0.25, 0.3) is 0 Å². The van der Waals surface area contributed by atoms with E-state index in [2.05, 4.69) is 14.4 Å². The van der Waals surface area contributed by atoms with Gasteiger partial charge in [0.2, 0.25) is 0 Å². The molecule has 0 aliphatic rings. The van der Waals surface area contributed by atoms with Gasteiger partial charge in [-0.15, -0.1) is 0 Å². The van der Waals surface area contributed by atoms with Crippen LogP contribution in [0.5, 0.6) is 0 Å². The number of hydrogen-bond acceptors (Lipinski definition) is 1. The van der Waals surface area contributed by atoms with Crippen molar-refractivity contribution >= 4 is 22.4 Å². The van der Waals surface area contributed by atoms with Gasteiger partial charge in [-0.05, 0) is 0 Å². The topological polar surface area (TPSA) is 43.1 Å². The van der Waals surface area contributed by atoms with Gasteiger partial charge in [-0.2, -0.15) is 0 Å². The van der Waals surface area contributed by atoms with Gasteiger partial charge in [0.15, 0.2) is 0 Å². The zero-order valence-corrected chi connectivity index (χ0v) is 5.33. The van der Waals surface area contributed by atoms with Crippen LogP contribution in [0.2, 0.25) is 0 Å². The first-order valence-electron chi connectivity index (χ1n) is 0.977. The molecule has 0 aromatic rings. The molecule has 0 saturated carbocycles. The molecule has 0 fully saturated rings. The number of rotatable bonds is 0. The summed E-state index contributed by atoms with van der Waals surface area (Å²) in [5.74, 6) is 0. The molecule has 0 bridgehead atoms. The van der Waals surface area contributed by atoms with Crippen molar-refractivity contribution in [1.29, 1.82) is 0 Å². The van der Waals surface area contributed by atoms with Gasteiger partial charge in [0.1, 0.15) is 0 Å². The molecule has 1 atom stereocenters. The summed E-state index contributed by atoms with van der Waals surface area (Å²) < 4.78 is 9.91. The van der Waals surface area contributed by atoms with Crippen molar-refractivity contribution in [2.75, 3.05) is 6.26 Å². The Kier molecular flexibility index (Phi) is 1.56. The zero-order valence-electron chi connectivity index (χ0n) is 2.80. The van der Waals surface area contributed by atoms with E-state index in [0.29, 0.717) is 0 Å². The molecule has 4 heteroatoms. The second kappa shape index (κ2) is 1.39. The minimum absolute atomic E-state index is 1.44. The summed E-state index contributed by atoms with van der Waals surface area (Å²) in [6.07, 6.45) is 1.44. The van der Waals surface area contributed by atoms with Crippen LogP contribution in [-0.4, -0.2) is 24.8 Å². The van der Waals surface area contributed by atoms with E-state index in [-0.39, 0.29) is 0 Å². The summed E-state index contributed by atoms with van der Waals surface area (Å²) in [4.78, 5) is 0. The monoisotopic (exact) mass is 159 g/mol.